The zero-order valence-corrected chi connectivity index (χ0v) is 23.4. The lowest BCUT2D eigenvalue weighted by molar-refractivity contribution is -0.246. The van der Waals surface area contributed by atoms with E-state index in [1.807, 2.05) is 6.92 Å². The van der Waals surface area contributed by atoms with Crippen molar-refractivity contribution in [2.75, 3.05) is 19.7 Å². The summed E-state index contributed by atoms with van der Waals surface area (Å²) in [6.07, 6.45) is 8.99. The highest BCUT2D eigenvalue weighted by Crippen LogP contribution is 2.75. The molecule has 0 spiro atoms. The zero-order valence-electron chi connectivity index (χ0n) is 23.4. The first-order valence-electron chi connectivity index (χ1n) is 14.7. The number of rotatable bonds is 8. The second-order valence-corrected chi connectivity index (χ2v) is 14.6. The van der Waals surface area contributed by atoms with Gasteiger partial charge in [0.1, 0.15) is 0 Å². The van der Waals surface area contributed by atoms with E-state index in [1.165, 1.54) is 0 Å². The van der Waals surface area contributed by atoms with Gasteiger partial charge in [0.2, 0.25) is 0 Å². The van der Waals surface area contributed by atoms with Gasteiger partial charge in [-0.25, -0.2) is 0 Å². The van der Waals surface area contributed by atoms with Crippen molar-refractivity contribution in [2.45, 2.75) is 124 Å². The second kappa shape index (κ2) is 9.52. The fourth-order valence-corrected chi connectivity index (χ4v) is 10.5. The standard InChI is InChI=1S/C30H55NO4/c1-26(2)22-10-15-28(4)23(27(22,3)13-11-24(26)34)19-21(33)25-20(9-14-29(25,28)5)30(6,35)12-7-16-31-17-8-18-32/h20-25,31-35H,7-19H2,1-6H3/t20-,21+,22-,23+,24-,25-,27-,28+,29+,30-/m0/s1. The minimum Gasteiger partial charge on any atom is -0.396 e. The SMILES string of the molecule is CC1(C)[C@@H](O)CC[C@]2(C)[C@H]3C[C@@H](O)[C@@H]4[C@@H]([C@@](C)(O)CCCNCCCO)CC[C@@]4(C)[C@]3(C)CC[C@@H]12. The van der Waals surface area contributed by atoms with E-state index >= 15 is 0 Å². The number of hydrogen-bond donors (Lipinski definition) is 5. The fraction of sp³-hybridized carbons (Fsp3) is 1.00. The molecule has 0 bridgehead atoms. The maximum atomic E-state index is 11.8. The molecule has 4 aliphatic rings. The van der Waals surface area contributed by atoms with Gasteiger partial charge in [0, 0.05) is 6.61 Å². The van der Waals surface area contributed by atoms with Crippen LogP contribution in [-0.4, -0.2) is 57.9 Å². The molecular formula is C30H55NO4. The van der Waals surface area contributed by atoms with Gasteiger partial charge in [0.25, 0.3) is 0 Å². The van der Waals surface area contributed by atoms with Crippen LogP contribution in [-0.2, 0) is 0 Å². The molecule has 0 heterocycles. The van der Waals surface area contributed by atoms with Crippen LogP contribution in [0.25, 0.3) is 0 Å². The van der Waals surface area contributed by atoms with E-state index in [-0.39, 0.29) is 52.3 Å². The minimum absolute atomic E-state index is 0.0253. The van der Waals surface area contributed by atoms with Gasteiger partial charge < -0.3 is 25.7 Å². The highest BCUT2D eigenvalue weighted by Gasteiger charge is 2.71. The molecular weight excluding hydrogens is 438 g/mol. The van der Waals surface area contributed by atoms with Crippen LogP contribution < -0.4 is 5.32 Å². The lowest BCUT2D eigenvalue weighted by Crippen LogP contribution is -2.66. The van der Waals surface area contributed by atoms with Gasteiger partial charge in [-0.05, 0) is 130 Å². The van der Waals surface area contributed by atoms with Gasteiger partial charge in [0.15, 0.2) is 0 Å². The molecule has 4 aliphatic carbocycles. The highest BCUT2D eigenvalue weighted by atomic mass is 16.3. The number of aliphatic hydroxyl groups is 4. The summed E-state index contributed by atoms with van der Waals surface area (Å²) in [5, 5.41) is 46.7. The van der Waals surface area contributed by atoms with Crippen molar-refractivity contribution < 1.29 is 20.4 Å². The number of aliphatic hydroxyl groups excluding tert-OH is 3. The Bertz CT molecular complexity index is 755. The monoisotopic (exact) mass is 493 g/mol. The molecule has 0 amide bonds. The van der Waals surface area contributed by atoms with Gasteiger partial charge in [0.05, 0.1) is 17.8 Å². The third-order valence-corrected chi connectivity index (χ3v) is 12.7. The summed E-state index contributed by atoms with van der Waals surface area (Å²) in [4.78, 5) is 0. The molecule has 4 fully saturated rings. The summed E-state index contributed by atoms with van der Waals surface area (Å²) in [5.41, 5.74) is -0.534. The largest absolute Gasteiger partial charge is 0.396 e. The Morgan fingerprint density at radius 2 is 1.51 bits per heavy atom. The van der Waals surface area contributed by atoms with Crippen LogP contribution in [0.5, 0.6) is 0 Å². The van der Waals surface area contributed by atoms with Crippen LogP contribution >= 0.6 is 0 Å². The summed E-state index contributed by atoms with van der Waals surface area (Å²) in [6, 6.07) is 0. The van der Waals surface area contributed by atoms with Crippen LogP contribution in [0.1, 0.15) is 106 Å². The third-order valence-electron chi connectivity index (χ3n) is 12.7. The Morgan fingerprint density at radius 3 is 2.20 bits per heavy atom. The van der Waals surface area contributed by atoms with E-state index < -0.39 is 5.60 Å². The van der Waals surface area contributed by atoms with E-state index in [0.29, 0.717) is 11.8 Å². The Hall–Kier alpha value is -0.200. The average molecular weight is 494 g/mol. The lowest BCUT2D eigenvalue weighted by Gasteiger charge is -2.70. The maximum absolute atomic E-state index is 11.8. The Labute approximate surface area is 214 Å². The zero-order chi connectivity index (χ0) is 25.9. The van der Waals surface area contributed by atoms with Crippen molar-refractivity contribution in [1.29, 1.82) is 0 Å². The summed E-state index contributed by atoms with van der Waals surface area (Å²) < 4.78 is 0. The molecule has 0 aromatic rings. The van der Waals surface area contributed by atoms with Crippen molar-refractivity contribution in [1.82, 2.24) is 5.32 Å². The van der Waals surface area contributed by atoms with Crippen molar-refractivity contribution in [3.05, 3.63) is 0 Å². The maximum Gasteiger partial charge on any atom is 0.0652 e. The highest BCUT2D eigenvalue weighted by molar-refractivity contribution is 5.19. The van der Waals surface area contributed by atoms with Gasteiger partial charge >= 0.3 is 0 Å². The lowest BCUT2D eigenvalue weighted by atomic mass is 9.35. The van der Waals surface area contributed by atoms with E-state index in [2.05, 4.69) is 39.9 Å². The molecule has 5 N–H and O–H groups in total. The molecule has 0 radical (unpaired) electrons. The van der Waals surface area contributed by atoms with Gasteiger partial charge in [-0.15, -0.1) is 0 Å². The first-order chi connectivity index (χ1) is 16.3. The molecule has 4 rings (SSSR count). The van der Waals surface area contributed by atoms with Crippen LogP contribution in [0.15, 0.2) is 0 Å². The van der Waals surface area contributed by atoms with E-state index in [4.69, 9.17) is 5.11 Å². The van der Waals surface area contributed by atoms with Crippen molar-refractivity contribution in [3.63, 3.8) is 0 Å². The van der Waals surface area contributed by atoms with Gasteiger partial charge in [-0.3, -0.25) is 0 Å². The smallest absolute Gasteiger partial charge is 0.0652 e. The molecule has 10 atom stereocenters. The quantitative estimate of drug-likeness (QED) is 0.321. The topological polar surface area (TPSA) is 93.0 Å². The number of nitrogens with one attached hydrogen (secondary N) is 1. The minimum atomic E-state index is -0.774. The Morgan fingerprint density at radius 1 is 0.857 bits per heavy atom. The van der Waals surface area contributed by atoms with E-state index in [1.54, 1.807) is 0 Å². The first-order valence-corrected chi connectivity index (χ1v) is 14.7. The van der Waals surface area contributed by atoms with E-state index in [9.17, 15) is 15.3 Å². The predicted octanol–water partition coefficient (Wildman–Crippen LogP) is 4.51. The molecule has 5 heteroatoms. The molecule has 0 aromatic heterocycles. The number of hydrogen-bond acceptors (Lipinski definition) is 5. The van der Waals surface area contributed by atoms with Crippen LogP contribution in [0.4, 0.5) is 0 Å². The molecule has 35 heavy (non-hydrogen) atoms. The second-order valence-electron chi connectivity index (χ2n) is 14.6. The molecule has 0 saturated heterocycles. The van der Waals surface area contributed by atoms with Crippen LogP contribution in [0.2, 0.25) is 0 Å². The normalized spacial score (nSPS) is 48.5. The Balaban J connectivity index is 1.55. The number of fused-ring (bicyclic) bond motifs is 5. The van der Waals surface area contributed by atoms with Crippen molar-refractivity contribution in [3.8, 4) is 0 Å². The molecule has 4 saturated carbocycles. The fourth-order valence-electron chi connectivity index (χ4n) is 10.5. The Kier molecular flexibility index (Phi) is 7.57. The molecule has 0 aromatic carbocycles. The van der Waals surface area contributed by atoms with Crippen LogP contribution in [0.3, 0.4) is 0 Å². The summed E-state index contributed by atoms with van der Waals surface area (Å²) in [5.74, 6) is 1.22. The third kappa shape index (κ3) is 4.24. The van der Waals surface area contributed by atoms with Gasteiger partial charge in [-0.2, -0.15) is 0 Å². The molecule has 0 aliphatic heterocycles. The van der Waals surface area contributed by atoms with Crippen molar-refractivity contribution in [2.24, 2.45) is 45.3 Å². The summed E-state index contributed by atoms with van der Waals surface area (Å²) in [6.45, 7) is 15.9. The van der Waals surface area contributed by atoms with E-state index in [0.717, 1.165) is 77.3 Å². The average Bonchev–Trinajstić information content (AvgIpc) is 3.16. The molecule has 5 nitrogen and oxygen atoms in total. The molecule has 204 valence electrons. The summed E-state index contributed by atoms with van der Waals surface area (Å²) >= 11 is 0. The van der Waals surface area contributed by atoms with Gasteiger partial charge in [-0.1, -0.05) is 34.6 Å². The predicted molar refractivity (Wildman–Crippen MR) is 141 cm³/mol. The summed E-state index contributed by atoms with van der Waals surface area (Å²) in [7, 11) is 0. The van der Waals surface area contributed by atoms with Crippen molar-refractivity contribution >= 4 is 0 Å². The first kappa shape index (κ1) is 27.8. The molecule has 0 unspecified atom stereocenters. The van der Waals surface area contributed by atoms with Crippen LogP contribution in [0, 0.1) is 45.3 Å².